The molecule has 0 aliphatic carbocycles. The van der Waals surface area contributed by atoms with E-state index >= 15 is 0 Å². The number of hydrogen-bond acceptors (Lipinski definition) is 4. The van der Waals surface area contributed by atoms with Crippen molar-refractivity contribution in [2.24, 2.45) is 12.1 Å². The lowest BCUT2D eigenvalue weighted by Gasteiger charge is -2.07. The number of benzene rings is 2. The molecule has 2 amide bonds. The largest absolute Gasteiger partial charge is 0.329 e. The molecule has 1 aromatic heterocycles. The van der Waals surface area contributed by atoms with Gasteiger partial charge in [-0.3, -0.25) is 19.1 Å². The van der Waals surface area contributed by atoms with E-state index in [1.807, 2.05) is 6.07 Å². The number of nitrogens with zero attached hydrogens (tertiary/aromatic N) is 3. The predicted octanol–water partition coefficient (Wildman–Crippen LogP) is 2.10. The van der Waals surface area contributed by atoms with Gasteiger partial charge in [0.15, 0.2) is 0 Å². The summed E-state index contributed by atoms with van der Waals surface area (Å²) in [6.45, 7) is 3.26. The maximum Gasteiger partial charge on any atom is 0.329 e. The molecule has 0 fully saturated rings. The van der Waals surface area contributed by atoms with Gasteiger partial charge in [-0.2, -0.15) is 5.10 Å². The zero-order valence-electron chi connectivity index (χ0n) is 16.6. The summed E-state index contributed by atoms with van der Waals surface area (Å²) >= 11 is 0. The van der Waals surface area contributed by atoms with Crippen molar-refractivity contribution in [3.05, 3.63) is 82.0 Å². The standard InChI is InChI=1S/C21H20FN5O3/c1-13(15-9-11-16(22)12-10-15)24-25-20(29)19(28)23-18-14(2)26(3)27(21(18)30)17-7-5-4-6-8-17/h4-12H,1-3H3,(H,23,28)(H,25,29)/b24-13+. The predicted molar refractivity (Wildman–Crippen MR) is 111 cm³/mol. The highest BCUT2D eigenvalue weighted by molar-refractivity contribution is 6.39. The van der Waals surface area contributed by atoms with Gasteiger partial charge in [-0.05, 0) is 43.7 Å². The van der Waals surface area contributed by atoms with Crippen LogP contribution >= 0.6 is 0 Å². The van der Waals surface area contributed by atoms with E-state index in [9.17, 15) is 18.8 Å². The van der Waals surface area contributed by atoms with Crippen LogP contribution < -0.4 is 16.3 Å². The van der Waals surface area contributed by atoms with E-state index in [1.54, 1.807) is 49.8 Å². The molecule has 154 valence electrons. The molecular weight excluding hydrogens is 389 g/mol. The van der Waals surface area contributed by atoms with Crippen LogP contribution in [0.25, 0.3) is 5.69 Å². The van der Waals surface area contributed by atoms with E-state index in [0.29, 0.717) is 22.7 Å². The van der Waals surface area contributed by atoms with Gasteiger partial charge in [0.2, 0.25) is 0 Å². The average Bonchev–Trinajstić information content (AvgIpc) is 2.96. The van der Waals surface area contributed by atoms with Gasteiger partial charge in [0.25, 0.3) is 5.56 Å². The summed E-state index contributed by atoms with van der Waals surface area (Å²) in [5.41, 5.74) is 3.75. The maximum atomic E-state index is 13.0. The molecule has 3 rings (SSSR count). The first-order valence-electron chi connectivity index (χ1n) is 9.05. The van der Waals surface area contributed by atoms with Crippen molar-refractivity contribution in [2.75, 3.05) is 5.32 Å². The molecular formula is C21H20FN5O3. The molecule has 0 aliphatic heterocycles. The molecule has 0 radical (unpaired) electrons. The van der Waals surface area contributed by atoms with Crippen molar-refractivity contribution in [3.63, 3.8) is 0 Å². The smallest absolute Gasteiger partial charge is 0.311 e. The first kappa shape index (κ1) is 20.7. The average molecular weight is 409 g/mol. The quantitative estimate of drug-likeness (QED) is 0.392. The molecule has 1 heterocycles. The number of nitrogens with one attached hydrogen (secondary N) is 2. The molecule has 30 heavy (non-hydrogen) atoms. The maximum absolute atomic E-state index is 13.0. The Morgan fingerprint density at radius 1 is 1.00 bits per heavy atom. The highest BCUT2D eigenvalue weighted by Crippen LogP contribution is 2.13. The molecule has 2 aromatic carbocycles. The van der Waals surface area contributed by atoms with Crippen LogP contribution in [-0.4, -0.2) is 26.9 Å². The van der Waals surface area contributed by atoms with Gasteiger partial charge in [-0.15, -0.1) is 0 Å². The SMILES string of the molecule is C/C(=N\NC(=O)C(=O)Nc1c(C)n(C)n(-c2ccccc2)c1=O)c1ccc(F)cc1. The molecule has 3 aromatic rings. The van der Waals surface area contributed by atoms with Crippen LogP contribution in [0.5, 0.6) is 0 Å². The van der Waals surface area contributed by atoms with Crippen molar-refractivity contribution in [1.82, 2.24) is 14.8 Å². The summed E-state index contributed by atoms with van der Waals surface area (Å²) in [5.74, 6) is -2.46. The van der Waals surface area contributed by atoms with Gasteiger partial charge < -0.3 is 5.32 Å². The van der Waals surface area contributed by atoms with E-state index < -0.39 is 23.2 Å². The topological polar surface area (TPSA) is 97.5 Å². The molecule has 8 nitrogen and oxygen atoms in total. The number of aromatic nitrogens is 2. The lowest BCUT2D eigenvalue weighted by molar-refractivity contribution is -0.136. The van der Waals surface area contributed by atoms with Crippen LogP contribution in [0.2, 0.25) is 0 Å². The number of carbonyl (C=O) groups excluding carboxylic acids is 2. The fourth-order valence-corrected chi connectivity index (χ4v) is 2.82. The number of halogens is 1. The number of carbonyl (C=O) groups is 2. The van der Waals surface area contributed by atoms with Crippen molar-refractivity contribution in [2.45, 2.75) is 13.8 Å². The molecule has 0 spiro atoms. The Hall–Kier alpha value is -4.01. The number of anilines is 1. The molecule has 0 saturated carbocycles. The zero-order chi connectivity index (χ0) is 21.8. The second kappa shape index (κ2) is 8.56. The highest BCUT2D eigenvalue weighted by atomic mass is 19.1. The summed E-state index contributed by atoms with van der Waals surface area (Å²) in [6, 6.07) is 14.4. The fraction of sp³-hybridized carbons (Fsp3) is 0.143. The summed E-state index contributed by atoms with van der Waals surface area (Å²) in [5, 5.41) is 6.20. The summed E-state index contributed by atoms with van der Waals surface area (Å²) < 4.78 is 16.0. The Labute approximate surface area is 171 Å². The summed E-state index contributed by atoms with van der Waals surface area (Å²) in [4.78, 5) is 37.2. The number of para-hydroxylation sites is 1. The molecule has 0 aliphatic rings. The number of rotatable bonds is 4. The van der Waals surface area contributed by atoms with Crippen molar-refractivity contribution < 1.29 is 14.0 Å². The minimum Gasteiger partial charge on any atom is -0.311 e. The highest BCUT2D eigenvalue weighted by Gasteiger charge is 2.21. The molecule has 9 heteroatoms. The van der Waals surface area contributed by atoms with Gasteiger partial charge in [0, 0.05) is 7.05 Å². The first-order valence-corrected chi connectivity index (χ1v) is 9.05. The molecule has 2 N–H and O–H groups in total. The second-order valence-corrected chi connectivity index (χ2v) is 6.54. The van der Waals surface area contributed by atoms with Crippen molar-refractivity contribution >= 4 is 23.2 Å². The normalized spacial score (nSPS) is 11.3. The molecule has 0 unspecified atom stereocenters. The van der Waals surface area contributed by atoms with E-state index in [2.05, 4.69) is 15.8 Å². The Balaban J connectivity index is 1.76. The Morgan fingerprint density at radius 3 is 2.27 bits per heavy atom. The van der Waals surface area contributed by atoms with Crippen LogP contribution in [0.1, 0.15) is 18.2 Å². The fourth-order valence-electron chi connectivity index (χ4n) is 2.82. The van der Waals surface area contributed by atoms with Gasteiger partial charge in [0.05, 0.1) is 17.1 Å². The Morgan fingerprint density at radius 2 is 1.63 bits per heavy atom. The number of amides is 2. The third-order valence-corrected chi connectivity index (χ3v) is 4.59. The lowest BCUT2D eigenvalue weighted by atomic mass is 10.1. The van der Waals surface area contributed by atoms with Crippen LogP contribution in [-0.2, 0) is 16.6 Å². The minimum atomic E-state index is -1.04. The van der Waals surface area contributed by atoms with Gasteiger partial charge in [0.1, 0.15) is 11.5 Å². The van der Waals surface area contributed by atoms with E-state index in [0.717, 1.165) is 0 Å². The Bertz CT molecular complexity index is 1180. The van der Waals surface area contributed by atoms with Gasteiger partial charge in [-0.25, -0.2) is 14.5 Å². The lowest BCUT2D eigenvalue weighted by Crippen LogP contribution is -2.34. The van der Waals surface area contributed by atoms with Crippen LogP contribution in [0, 0.1) is 12.7 Å². The van der Waals surface area contributed by atoms with Crippen molar-refractivity contribution in [3.8, 4) is 5.69 Å². The van der Waals surface area contributed by atoms with Gasteiger partial charge in [-0.1, -0.05) is 30.3 Å². The molecule has 0 saturated heterocycles. The van der Waals surface area contributed by atoms with Crippen LogP contribution in [0.4, 0.5) is 10.1 Å². The molecule has 0 atom stereocenters. The zero-order valence-corrected chi connectivity index (χ0v) is 16.6. The van der Waals surface area contributed by atoms with Crippen LogP contribution in [0.15, 0.2) is 64.5 Å². The number of hydrogen-bond donors (Lipinski definition) is 2. The van der Waals surface area contributed by atoms with Crippen LogP contribution in [0.3, 0.4) is 0 Å². The molecule has 0 bridgehead atoms. The minimum absolute atomic E-state index is 0.000684. The first-order chi connectivity index (χ1) is 14.3. The summed E-state index contributed by atoms with van der Waals surface area (Å²) in [6.07, 6.45) is 0. The van der Waals surface area contributed by atoms with Gasteiger partial charge >= 0.3 is 11.8 Å². The third-order valence-electron chi connectivity index (χ3n) is 4.59. The van der Waals surface area contributed by atoms with Crippen molar-refractivity contribution in [1.29, 1.82) is 0 Å². The monoisotopic (exact) mass is 409 g/mol. The Kier molecular flexibility index (Phi) is 5.91. The third kappa shape index (κ3) is 4.19. The van der Waals surface area contributed by atoms with E-state index in [4.69, 9.17) is 0 Å². The van der Waals surface area contributed by atoms with E-state index in [-0.39, 0.29) is 5.69 Å². The van der Waals surface area contributed by atoms with E-state index in [1.165, 1.54) is 28.9 Å². The summed E-state index contributed by atoms with van der Waals surface area (Å²) in [7, 11) is 1.68. The number of hydrazone groups is 1. The second-order valence-electron chi connectivity index (χ2n) is 6.54.